The molecule has 19 heavy (non-hydrogen) atoms. The predicted molar refractivity (Wildman–Crippen MR) is 77.0 cm³/mol. The van der Waals surface area contributed by atoms with Crippen LogP contribution in [0.1, 0.15) is 19.5 Å². The molecule has 2 aromatic rings. The van der Waals surface area contributed by atoms with Crippen LogP contribution in [0.3, 0.4) is 0 Å². The maximum Gasteiger partial charge on any atom is 0.363 e. The van der Waals surface area contributed by atoms with Crippen LogP contribution in [0, 0.1) is 6.92 Å². The lowest BCUT2D eigenvalue weighted by molar-refractivity contribution is 0.229. The molecule has 0 unspecified atom stereocenters. The minimum absolute atomic E-state index is 0.337. The number of pyridine rings is 1. The SMILES string of the molecule is CCOP(=O)(OCC)c1cc2ccccc2nc1C. The Morgan fingerprint density at radius 3 is 2.42 bits per heavy atom. The molecule has 0 spiro atoms. The minimum atomic E-state index is -3.28. The molecule has 0 aliphatic heterocycles. The summed E-state index contributed by atoms with van der Waals surface area (Å²) in [6, 6.07) is 9.57. The van der Waals surface area contributed by atoms with E-state index in [1.54, 1.807) is 13.8 Å². The summed E-state index contributed by atoms with van der Waals surface area (Å²) in [4.78, 5) is 4.47. The third-order valence-electron chi connectivity index (χ3n) is 2.78. The fourth-order valence-electron chi connectivity index (χ4n) is 1.99. The summed E-state index contributed by atoms with van der Waals surface area (Å²) >= 11 is 0. The Hall–Kier alpha value is -1.22. The molecular formula is C14H18NO3P. The third-order valence-corrected chi connectivity index (χ3v) is 5.02. The summed E-state index contributed by atoms with van der Waals surface area (Å²) in [7, 11) is -3.28. The highest BCUT2D eigenvalue weighted by atomic mass is 31.2. The number of aromatic nitrogens is 1. The van der Waals surface area contributed by atoms with E-state index in [4.69, 9.17) is 9.05 Å². The van der Waals surface area contributed by atoms with Gasteiger partial charge in [-0.25, -0.2) is 0 Å². The highest BCUT2D eigenvalue weighted by Crippen LogP contribution is 2.47. The van der Waals surface area contributed by atoms with E-state index in [1.807, 2.05) is 37.3 Å². The Balaban J connectivity index is 2.59. The molecule has 102 valence electrons. The fraction of sp³-hybridized carbons (Fsp3) is 0.357. The molecule has 0 atom stereocenters. The normalized spacial score (nSPS) is 11.9. The van der Waals surface area contributed by atoms with Crippen molar-refractivity contribution in [2.24, 2.45) is 0 Å². The van der Waals surface area contributed by atoms with E-state index in [2.05, 4.69) is 4.98 Å². The lowest BCUT2D eigenvalue weighted by Crippen LogP contribution is -2.15. The predicted octanol–water partition coefficient (Wildman–Crippen LogP) is 3.43. The molecule has 2 rings (SSSR count). The number of benzene rings is 1. The van der Waals surface area contributed by atoms with Gasteiger partial charge in [-0.15, -0.1) is 0 Å². The number of aryl methyl sites for hydroxylation is 1. The van der Waals surface area contributed by atoms with Crippen LogP contribution in [0.15, 0.2) is 30.3 Å². The second kappa shape index (κ2) is 5.83. The molecule has 0 saturated heterocycles. The summed E-state index contributed by atoms with van der Waals surface area (Å²) in [5, 5.41) is 1.48. The van der Waals surface area contributed by atoms with Crippen LogP contribution in [0.4, 0.5) is 0 Å². The summed E-state index contributed by atoms with van der Waals surface area (Å²) < 4.78 is 23.6. The lowest BCUT2D eigenvalue weighted by atomic mass is 10.2. The van der Waals surface area contributed by atoms with Gasteiger partial charge in [0.15, 0.2) is 0 Å². The van der Waals surface area contributed by atoms with Crippen molar-refractivity contribution in [3.63, 3.8) is 0 Å². The number of para-hydroxylation sites is 1. The summed E-state index contributed by atoms with van der Waals surface area (Å²) in [6.07, 6.45) is 0. The van der Waals surface area contributed by atoms with Crippen LogP contribution >= 0.6 is 7.60 Å². The largest absolute Gasteiger partial charge is 0.363 e. The average molecular weight is 279 g/mol. The molecule has 0 aliphatic rings. The Morgan fingerprint density at radius 2 is 1.79 bits per heavy atom. The van der Waals surface area contributed by atoms with Gasteiger partial charge in [0.05, 0.1) is 29.7 Å². The van der Waals surface area contributed by atoms with Crippen LogP contribution in [-0.2, 0) is 13.6 Å². The monoisotopic (exact) mass is 279 g/mol. The number of rotatable bonds is 5. The lowest BCUT2D eigenvalue weighted by Gasteiger charge is -2.19. The molecule has 5 heteroatoms. The van der Waals surface area contributed by atoms with Crippen LogP contribution in [0.5, 0.6) is 0 Å². The molecule has 1 aromatic carbocycles. The number of hydrogen-bond donors (Lipinski definition) is 0. The molecular weight excluding hydrogens is 261 g/mol. The van der Waals surface area contributed by atoms with Crippen molar-refractivity contribution in [1.82, 2.24) is 4.98 Å². The van der Waals surface area contributed by atoms with E-state index in [0.717, 1.165) is 10.9 Å². The standard InChI is InChI=1S/C14H18NO3P/c1-4-17-19(16,18-5-2)14-10-12-8-6-7-9-13(12)15-11(14)3/h6-10H,4-5H2,1-3H3. The van der Waals surface area contributed by atoms with E-state index in [1.165, 1.54) is 0 Å². The van der Waals surface area contributed by atoms with Gasteiger partial charge >= 0.3 is 7.60 Å². The Bertz CT molecular complexity index is 617. The summed E-state index contributed by atoms with van der Waals surface area (Å²) in [5.41, 5.74) is 1.56. The Morgan fingerprint density at radius 1 is 1.16 bits per heavy atom. The van der Waals surface area contributed by atoms with E-state index in [9.17, 15) is 4.57 Å². The Labute approximate surface area is 113 Å². The van der Waals surface area contributed by atoms with Gasteiger partial charge in [0.25, 0.3) is 0 Å². The van der Waals surface area contributed by atoms with Gasteiger partial charge < -0.3 is 9.05 Å². The molecule has 0 amide bonds. The number of hydrogen-bond acceptors (Lipinski definition) is 4. The quantitative estimate of drug-likeness (QED) is 0.787. The first kappa shape index (κ1) is 14.2. The molecule has 0 saturated carbocycles. The highest BCUT2D eigenvalue weighted by molar-refractivity contribution is 7.62. The summed E-state index contributed by atoms with van der Waals surface area (Å²) in [6.45, 7) is 6.10. The maximum atomic E-state index is 12.8. The summed E-state index contributed by atoms with van der Waals surface area (Å²) in [5.74, 6) is 0. The van der Waals surface area contributed by atoms with Crippen LogP contribution in [0.25, 0.3) is 10.9 Å². The fourth-order valence-corrected chi connectivity index (χ4v) is 3.77. The maximum absolute atomic E-state index is 12.8. The van der Waals surface area contributed by atoms with Gasteiger partial charge in [0.1, 0.15) is 0 Å². The average Bonchev–Trinajstić information content (AvgIpc) is 2.38. The number of nitrogens with zero attached hydrogens (tertiary/aromatic N) is 1. The minimum Gasteiger partial charge on any atom is -0.305 e. The molecule has 0 N–H and O–H groups in total. The smallest absolute Gasteiger partial charge is 0.305 e. The van der Waals surface area contributed by atoms with Crippen LogP contribution in [0.2, 0.25) is 0 Å². The van der Waals surface area contributed by atoms with Crippen molar-refractivity contribution in [1.29, 1.82) is 0 Å². The number of fused-ring (bicyclic) bond motifs is 1. The second-order valence-electron chi connectivity index (χ2n) is 4.12. The van der Waals surface area contributed by atoms with Crippen LogP contribution < -0.4 is 5.30 Å². The van der Waals surface area contributed by atoms with Gasteiger partial charge in [-0.2, -0.15) is 0 Å². The van der Waals surface area contributed by atoms with Gasteiger partial charge in [-0.3, -0.25) is 9.55 Å². The van der Waals surface area contributed by atoms with E-state index in [-0.39, 0.29) is 0 Å². The van der Waals surface area contributed by atoms with E-state index >= 15 is 0 Å². The van der Waals surface area contributed by atoms with Gasteiger partial charge in [0.2, 0.25) is 0 Å². The zero-order valence-electron chi connectivity index (χ0n) is 11.4. The van der Waals surface area contributed by atoms with Crippen molar-refractivity contribution in [3.05, 3.63) is 36.0 Å². The molecule has 0 radical (unpaired) electrons. The Kier molecular flexibility index (Phi) is 4.35. The zero-order chi connectivity index (χ0) is 13.9. The highest BCUT2D eigenvalue weighted by Gasteiger charge is 2.29. The molecule has 0 aliphatic carbocycles. The third kappa shape index (κ3) is 2.86. The molecule has 0 fully saturated rings. The molecule has 1 heterocycles. The van der Waals surface area contributed by atoms with Gasteiger partial charge in [-0.05, 0) is 32.9 Å². The zero-order valence-corrected chi connectivity index (χ0v) is 12.3. The van der Waals surface area contributed by atoms with Gasteiger partial charge in [-0.1, -0.05) is 18.2 Å². The van der Waals surface area contributed by atoms with Crippen molar-refractivity contribution in [2.75, 3.05) is 13.2 Å². The second-order valence-corrected chi connectivity index (χ2v) is 6.11. The van der Waals surface area contributed by atoms with Gasteiger partial charge in [0, 0.05) is 5.39 Å². The molecule has 1 aromatic heterocycles. The first-order valence-corrected chi connectivity index (χ1v) is 7.91. The molecule has 4 nitrogen and oxygen atoms in total. The first-order valence-electron chi connectivity index (χ1n) is 6.36. The van der Waals surface area contributed by atoms with E-state index < -0.39 is 7.60 Å². The van der Waals surface area contributed by atoms with Crippen molar-refractivity contribution < 1.29 is 13.6 Å². The van der Waals surface area contributed by atoms with Crippen molar-refractivity contribution in [2.45, 2.75) is 20.8 Å². The van der Waals surface area contributed by atoms with E-state index in [0.29, 0.717) is 24.2 Å². The van der Waals surface area contributed by atoms with Crippen molar-refractivity contribution in [3.8, 4) is 0 Å². The van der Waals surface area contributed by atoms with Crippen molar-refractivity contribution >= 4 is 23.8 Å². The first-order chi connectivity index (χ1) is 9.10. The van der Waals surface area contributed by atoms with Crippen LogP contribution in [-0.4, -0.2) is 18.2 Å². The topological polar surface area (TPSA) is 48.4 Å². The molecule has 0 bridgehead atoms.